The summed E-state index contributed by atoms with van der Waals surface area (Å²) >= 11 is 1.64. The van der Waals surface area contributed by atoms with Crippen LogP contribution in [0.2, 0.25) is 0 Å². The summed E-state index contributed by atoms with van der Waals surface area (Å²) in [6.45, 7) is 4.20. The van der Waals surface area contributed by atoms with Crippen molar-refractivity contribution < 1.29 is 0 Å². The molecule has 0 aromatic carbocycles. The highest BCUT2D eigenvalue weighted by Crippen LogP contribution is 2.20. The van der Waals surface area contributed by atoms with E-state index in [-0.39, 0.29) is 0 Å². The smallest absolute Gasteiger partial charge is 0.231 e. The van der Waals surface area contributed by atoms with E-state index in [0.29, 0.717) is 5.95 Å². The fourth-order valence-electron chi connectivity index (χ4n) is 1.85. The van der Waals surface area contributed by atoms with Crippen LogP contribution in [0.15, 0.2) is 5.16 Å². The van der Waals surface area contributed by atoms with Crippen LogP contribution in [0.25, 0.3) is 0 Å². The molecule has 5 nitrogen and oxygen atoms in total. The van der Waals surface area contributed by atoms with Crippen LogP contribution in [0, 0.1) is 0 Å². The summed E-state index contributed by atoms with van der Waals surface area (Å²) in [7, 11) is 0. The number of rotatable bonds is 4. The van der Waals surface area contributed by atoms with E-state index in [9.17, 15) is 0 Å². The maximum atomic E-state index is 5.74. The Bertz CT molecular complexity index is 365. The molecule has 0 aliphatic carbocycles. The van der Waals surface area contributed by atoms with Gasteiger partial charge in [-0.3, -0.25) is 0 Å². The zero-order valence-electron chi connectivity index (χ0n) is 10.2. The number of nitrogens with two attached hydrogens (primary N) is 1. The van der Waals surface area contributed by atoms with Gasteiger partial charge >= 0.3 is 0 Å². The largest absolute Gasteiger partial charge is 0.368 e. The number of nitrogens with zero attached hydrogens (tertiary/aromatic N) is 4. The van der Waals surface area contributed by atoms with Gasteiger partial charge in [0.1, 0.15) is 0 Å². The van der Waals surface area contributed by atoms with E-state index in [1.807, 2.05) is 0 Å². The maximum Gasteiger partial charge on any atom is 0.231 e. The minimum Gasteiger partial charge on any atom is -0.368 e. The number of hydrogen-bond acceptors (Lipinski definition) is 6. The van der Waals surface area contributed by atoms with E-state index >= 15 is 0 Å². The van der Waals surface area contributed by atoms with Crippen molar-refractivity contribution in [2.45, 2.75) is 37.8 Å². The van der Waals surface area contributed by atoms with Gasteiger partial charge < -0.3 is 10.6 Å². The minimum absolute atomic E-state index is 0.333. The average Bonchev–Trinajstić information content (AvgIpc) is 2.37. The van der Waals surface area contributed by atoms with Gasteiger partial charge in [0.2, 0.25) is 11.9 Å². The molecule has 2 heterocycles. The van der Waals surface area contributed by atoms with Gasteiger partial charge in [-0.25, -0.2) is 0 Å². The molecule has 1 aliphatic rings. The van der Waals surface area contributed by atoms with Crippen molar-refractivity contribution in [3.63, 3.8) is 0 Å². The number of piperidine rings is 1. The first-order valence-corrected chi connectivity index (χ1v) is 7.17. The lowest BCUT2D eigenvalue weighted by Crippen LogP contribution is -2.31. The summed E-state index contributed by atoms with van der Waals surface area (Å²) in [5, 5.41) is 0.750. The summed E-state index contributed by atoms with van der Waals surface area (Å²) in [6.07, 6.45) is 4.83. The van der Waals surface area contributed by atoms with Crippen LogP contribution in [0.1, 0.15) is 32.6 Å². The van der Waals surface area contributed by atoms with E-state index in [0.717, 1.165) is 36.4 Å². The summed E-state index contributed by atoms with van der Waals surface area (Å²) < 4.78 is 0. The first-order valence-electron chi connectivity index (χ1n) is 6.19. The highest BCUT2D eigenvalue weighted by molar-refractivity contribution is 7.99. The standard InChI is InChI=1S/C11H19N5S/c1-2-8-17-11-14-9(12)13-10(15-11)16-6-4-3-5-7-16/h2-8H2,1H3,(H2,12,13,14,15). The third-order valence-corrected chi connectivity index (χ3v) is 3.75. The first kappa shape index (κ1) is 12.4. The second kappa shape index (κ2) is 6.05. The molecule has 0 unspecified atom stereocenters. The SMILES string of the molecule is CCCSc1nc(N)nc(N2CCCCC2)n1. The molecule has 1 aromatic heterocycles. The maximum absolute atomic E-state index is 5.74. The average molecular weight is 253 g/mol. The lowest BCUT2D eigenvalue weighted by molar-refractivity contribution is 0.565. The normalized spacial score (nSPS) is 16.2. The monoisotopic (exact) mass is 253 g/mol. The van der Waals surface area contributed by atoms with Gasteiger partial charge in [0.05, 0.1) is 0 Å². The Balaban J connectivity index is 2.12. The summed E-state index contributed by atoms with van der Waals surface area (Å²) in [5.41, 5.74) is 5.74. The molecule has 0 radical (unpaired) electrons. The van der Waals surface area contributed by atoms with Crippen molar-refractivity contribution in [3.05, 3.63) is 0 Å². The zero-order valence-corrected chi connectivity index (χ0v) is 11.0. The molecule has 1 aromatic rings. The van der Waals surface area contributed by atoms with Crippen LogP contribution in [-0.2, 0) is 0 Å². The molecule has 0 saturated carbocycles. The van der Waals surface area contributed by atoms with Crippen molar-refractivity contribution in [2.24, 2.45) is 0 Å². The molecule has 0 amide bonds. The number of nitrogen functional groups attached to an aromatic ring is 1. The van der Waals surface area contributed by atoms with Crippen LogP contribution < -0.4 is 10.6 Å². The van der Waals surface area contributed by atoms with Crippen LogP contribution in [0.3, 0.4) is 0 Å². The Labute approximate surface area is 106 Å². The second-order valence-corrected chi connectivity index (χ2v) is 5.23. The van der Waals surface area contributed by atoms with Crippen molar-refractivity contribution in [1.29, 1.82) is 0 Å². The van der Waals surface area contributed by atoms with E-state index < -0.39 is 0 Å². The third-order valence-electron chi connectivity index (χ3n) is 2.69. The lowest BCUT2D eigenvalue weighted by atomic mass is 10.1. The fraction of sp³-hybridized carbons (Fsp3) is 0.727. The fourth-order valence-corrected chi connectivity index (χ4v) is 2.55. The van der Waals surface area contributed by atoms with Gasteiger partial charge in [-0.05, 0) is 25.7 Å². The molecule has 1 fully saturated rings. The van der Waals surface area contributed by atoms with Gasteiger partial charge in [-0.15, -0.1) is 0 Å². The highest BCUT2D eigenvalue weighted by atomic mass is 32.2. The molecule has 2 N–H and O–H groups in total. The van der Waals surface area contributed by atoms with Crippen LogP contribution >= 0.6 is 11.8 Å². The molecule has 94 valence electrons. The van der Waals surface area contributed by atoms with E-state index in [1.165, 1.54) is 19.3 Å². The molecule has 17 heavy (non-hydrogen) atoms. The van der Waals surface area contributed by atoms with E-state index in [4.69, 9.17) is 5.73 Å². The van der Waals surface area contributed by atoms with Gasteiger partial charge in [0, 0.05) is 18.8 Å². The molecule has 1 aliphatic heterocycles. The Morgan fingerprint density at radius 3 is 2.65 bits per heavy atom. The lowest BCUT2D eigenvalue weighted by Gasteiger charge is -2.26. The predicted molar refractivity (Wildman–Crippen MR) is 71.3 cm³/mol. The number of thioether (sulfide) groups is 1. The Kier molecular flexibility index (Phi) is 4.42. The van der Waals surface area contributed by atoms with Crippen LogP contribution in [-0.4, -0.2) is 33.8 Å². The molecule has 0 atom stereocenters. The van der Waals surface area contributed by atoms with Gasteiger partial charge in [-0.2, -0.15) is 15.0 Å². The molecular weight excluding hydrogens is 234 g/mol. The van der Waals surface area contributed by atoms with E-state index in [1.54, 1.807) is 11.8 Å². The first-order chi connectivity index (χ1) is 8.29. The summed E-state index contributed by atoms with van der Waals surface area (Å²) in [6, 6.07) is 0. The Hall–Kier alpha value is -1.04. The molecule has 2 rings (SSSR count). The molecule has 0 spiro atoms. The number of hydrogen-bond donors (Lipinski definition) is 1. The van der Waals surface area contributed by atoms with Gasteiger partial charge in [0.25, 0.3) is 0 Å². The predicted octanol–water partition coefficient (Wildman–Crippen LogP) is 1.95. The topological polar surface area (TPSA) is 67.9 Å². The summed E-state index contributed by atoms with van der Waals surface area (Å²) in [4.78, 5) is 15.1. The minimum atomic E-state index is 0.333. The Morgan fingerprint density at radius 2 is 1.94 bits per heavy atom. The molecule has 6 heteroatoms. The van der Waals surface area contributed by atoms with Gasteiger partial charge in [-0.1, -0.05) is 18.7 Å². The molecule has 0 bridgehead atoms. The number of aromatic nitrogens is 3. The third kappa shape index (κ3) is 3.46. The van der Waals surface area contributed by atoms with Crippen molar-refractivity contribution in [1.82, 2.24) is 15.0 Å². The highest BCUT2D eigenvalue weighted by Gasteiger charge is 2.15. The second-order valence-electron chi connectivity index (χ2n) is 4.17. The van der Waals surface area contributed by atoms with Crippen LogP contribution in [0.4, 0.5) is 11.9 Å². The van der Waals surface area contributed by atoms with Crippen molar-refractivity contribution in [2.75, 3.05) is 29.5 Å². The van der Waals surface area contributed by atoms with Crippen molar-refractivity contribution in [3.8, 4) is 0 Å². The molecule has 1 saturated heterocycles. The quantitative estimate of drug-likeness (QED) is 0.827. The Morgan fingerprint density at radius 1 is 1.18 bits per heavy atom. The summed E-state index contributed by atoms with van der Waals surface area (Å²) in [5.74, 6) is 2.10. The number of anilines is 2. The van der Waals surface area contributed by atoms with E-state index in [2.05, 4.69) is 26.8 Å². The molecular formula is C11H19N5S. The zero-order chi connectivity index (χ0) is 12.1. The van der Waals surface area contributed by atoms with Gasteiger partial charge in [0.15, 0.2) is 5.16 Å². The van der Waals surface area contributed by atoms with Crippen LogP contribution in [0.5, 0.6) is 0 Å². The van der Waals surface area contributed by atoms with Crippen molar-refractivity contribution >= 4 is 23.7 Å².